The Hall–Kier alpha value is -2.64. The van der Waals surface area contributed by atoms with E-state index < -0.39 is 0 Å². The van der Waals surface area contributed by atoms with Crippen molar-refractivity contribution in [1.82, 2.24) is 5.32 Å². The normalized spacial score (nSPS) is 11.7. The molecule has 0 aliphatic heterocycles. The van der Waals surface area contributed by atoms with E-state index in [1.165, 1.54) is 22.3 Å². The third-order valence-electron chi connectivity index (χ3n) is 4.20. The molecule has 120 valence electrons. The van der Waals surface area contributed by atoms with E-state index in [4.69, 9.17) is 0 Å². The van der Waals surface area contributed by atoms with Gasteiger partial charge < -0.3 is 5.32 Å². The largest absolute Gasteiger partial charge is 0.307 e. The van der Waals surface area contributed by atoms with Gasteiger partial charge in [-0.25, -0.2) is 0 Å². The number of hydrogen-bond donors (Lipinski definition) is 1. The first-order valence-corrected chi connectivity index (χ1v) is 8.44. The van der Waals surface area contributed by atoms with Crippen LogP contribution in [-0.4, -0.2) is 6.54 Å². The molecule has 0 fully saturated rings. The van der Waals surface area contributed by atoms with Crippen molar-refractivity contribution in [2.24, 2.45) is 0 Å². The van der Waals surface area contributed by atoms with Crippen LogP contribution >= 0.6 is 0 Å². The van der Waals surface area contributed by atoms with Crippen LogP contribution in [0.15, 0.2) is 97.1 Å². The molecule has 0 aliphatic rings. The minimum atomic E-state index is 0.329. The van der Waals surface area contributed by atoms with Gasteiger partial charge >= 0.3 is 0 Å². The average molecular weight is 313 g/mol. The Balaban J connectivity index is 1.78. The lowest BCUT2D eigenvalue weighted by molar-refractivity contribution is 0.618. The van der Waals surface area contributed by atoms with E-state index in [1.807, 2.05) is 0 Å². The van der Waals surface area contributed by atoms with Crippen molar-refractivity contribution >= 4 is 5.57 Å². The summed E-state index contributed by atoms with van der Waals surface area (Å²) < 4.78 is 0. The van der Waals surface area contributed by atoms with E-state index in [0.717, 1.165) is 6.54 Å². The second-order valence-corrected chi connectivity index (χ2v) is 5.89. The molecule has 0 amide bonds. The van der Waals surface area contributed by atoms with Gasteiger partial charge in [-0.15, -0.1) is 0 Å². The summed E-state index contributed by atoms with van der Waals surface area (Å²) in [5.74, 6) is 0. The van der Waals surface area contributed by atoms with Gasteiger partial charge in [-0.1, -0.05) is 97.1 Å². The van der Waals surface area contributed by atoms with Crippen LogP contribution in [0, 0.1) is 0 Å². The van der Waals surface area contributed by atoms with Crippen molar-refractivity contribution in [3.05, 3.63) is 114 Å². The summed E-state index contributed by atoms with van der Waals surface area (Å²) in [5.41, 5.74) is 5.08. The molecule has 3 aromatic carbocycles. The maximum absolute atomic E-state index is 3.59. The Morgan fingerprint density at radius 3 is 1.71 bits per heavy atom. The number of benzene rings is 3. The molecule has 1 atom stereocenters. The van der Waals surface area contributed by atoms with E-state index in [0.29, 0.717) is 6.04 Å². The van der Waals surface area contributed by atoms with Crippen LogP contribution in [0.25, 0.3) is 5.57 Å². The smallest absolute Gasteiger partial charge is 0.0294 e. The minimum absolute atomic E-state index is 0.329. The Bertz CT molecular complexity index is 719. The minimum Gasteiger partial charge on any atom is -0.307 e. The van der Waals surface area contributed by atoms with Crippen molar-refractivity contribution in [3.8, 4) is 0 Å². The molecule has 0 bridgehead atoms. The van der Waals surface area contributed by atoms with Crippen molar-refractivity contribution in [3.63, 3.8) is 0 Å². The molecule has 0 aliphatic carbocycles. The summed E-state index contributed by atoms with van der Waals surface area (Å²) in [6.07, 6.45) is 2.28. The highest BCUT2D eigenvalue weighted by molar-refractivity contribution is 5.79. The lowest BCUT2D eigenvalue weighted by Crippen LogP contribution is -2.18. The average Bonchev–Trinajstić information content (AvgIpc) is 2.67. The molecule has 0 saturated carbocycles. The van der Waals surface area contributed by atoms with E-state index in [9.17, 15) is 0 Å². The standard InChI is InChI=1S/C23H23N/c1-19(20-11-5-2-6-12-20)24-18-17-23(21-13-7-3-8-14-21)22-15-9-4-10-16-22/h2-17,19,24H,18H2,1H3. The molecule has 1 nitrogen and oxygen atoms in total. The molecule has 1 unspecified atom stereocenters. The van der Waals surface area contributed by atoms with Crippen molar-refractivity contribution in [2.75, 3.05) is 6.54 Å². The van der Waals surface area contributed by atoms with Crippen LogP contribution in [0.2, 0.25) is 0 Å². The third-order valence-corrected chi connectivity index (χ3v) is 4.20. The zero-order chi connectivity index (χ0) is 16.6. The highest BCUT2D eigenvalue weighted by atomic mass is 14.9. The molecule has 1 N–H and O–H groups in total. The molecule has 3 rings (SSSR count). The van der Waals surface area contributed by atoms with Crippen molar-refractivity contribution < 1.29 is 0 Å². The predicted octanol–water partition coefficient (Wildman–Crippen LogP) is 5.47. The first-order chi connectivity index (χ1) is 11.8. The molecule has 0 aromatic heterocycles. The maximum Gasteiger partial charge on any atom is 0.0294 e. The van der Waals surface area contributed by atoms with Gasteiger partial charge in [0.05, 0.1) is 0 Å². The monoisotopic (exact) mass is 313 g/mol. The van der Waals surface area contributed by atoms with Crippen LogP contribution in [0.5, 0.6) is 0 Å². The summed E-state index contributed by atoms with van der Waals surface area (Å²) in [7, 11) is 0. The Morgan fingerprint density at radius 2 is 1.21 bits per heavy atom. The van der Waals surface area contributed by atoms with Gasteiger partial charge in [0.1, 0.15) is 0 Å². The summed E-state index contributed by atoms with van der Waals surface area (Å²) >= 11 is 0. The summed E-state index contributed by atoms with van der Waals surface area (Å²) in [6, 6.07) is 32.0. The number of rotatable bonds is 6. The van der Waals surface area contributed by atoms with Crippen LogP contribution < -0.4 is 5.32 Å². The van der Waals surface area contributed by atoms with Gasteiger partial charge in [0.2, 0.25) is 0 Å². The molecule has 0 saturated heterocycles. The summed E-state index contributed by atoms with van der Waals surface area (Å²) in [6.45, 7) is 3.03. The number of hydrogen-bond acceptors (Lipinski definition) is 1. The van der Waals surface area contributed by atoms with E-state index in [2.05, 4.69) is 109 Å². The second kappa shape index (κ2) is 8.28. The highest BCUT2D eigenvalue weighted by Gasteiger charge is 2.05. The molecule has 0 heterocycles. The zero-order valence-corrected chi connectivity index (χ0v) is 14.0. The lowest BCUT2D eigenvalue weighted by atomic mass is 9.97. The van der Waals surface area contributed by atoms with Gasteiger partial charge in [-0.2, -0.15) is 0 Å². The van der Waals surface area contributed by atoms with Crippen molar-refractivity contribution in [1.29, 1.82) is 0 Å². The Kier molecular flexibility index (Phi) is 5.60. The molecule has 1 heteroatoms. The topological polar surface area (TPSA) is 12.0 Å². The molecular formula is C23H23N. The Labute approximate surface area is 144 Å². The molecule has 24 heavy (non-hydrogen) atoms. The van der Waals surface area contributed by atoms with Gasteiger partial charge in [0, 0.05) is 12.6 Å². The van der Waals surface area contributed by atoms with Crippen LogP contribution in [0.3, 0.4) is 0 Å². The third kappa shape index (κ3) is 4.21. The predicted molar refractivity (Wildman–Crippen MR) is 103 cm³/mol. The summed E-state index contributed by atoms with van der Waals surface area (Å²) in [4.78, 5) is 0. The Morgan fingerprint density at radius 1 is 0.750 bits per heavy atom. The molecular weight excluding hydrogens is 290 g/mol. The zero-order valence-electron chi connectivity index (χ0n) is 14.0. The van der Waals surface area contributed by atoms with E-state index in [-0.39, 0.29) is 0 Å². The fourth-order valence-electron chi connectivity index (χ4n) is 2.84. The maximum atomic E-state index is 3.59. The number of nitrogens with one attached hydrogen (secondary N) is 1. The van der Waals surface area contributed by atoms with Gasteiger partial charge in [-0.05, 0) is 29.2 Å². The first kappa shape index (κ1) is 16.2. The van der Waals surface area contributed by atoms with Crippen molar-refractivity contribution in [2.45, 2.75) is 13.0 Å². The fraction of sp³-hybridized carbons (Fsp3) is 0.130. The van der Waals surface area contributed by atoms with Crippen LogP contribution in [0.1, 0.15) is 29.7 Å². The van der Waals surface area contributed by atoms with Crippen LogP contribution in [0.4, 0.5) is 0 Å². The van der Waals surface area contributed by atoms with E-state index in [1.54, 1.807) is 0 Å². The second-order valence-electron chi connectivity index (χ2n) is 5.89. The SMILES string of the molecule is CC(NCC=C(c1ccccc1)c1ccccc1)c1ccccc1. The molecule has 3 aromatic rings. The highest BCUT2D eigenvalue weighted by Crippen LogP contribution is 2.23. The fourth-order valence-corrected chi connectivity index (χ4v) is 2.84. The van der Waals surface area contributed by atoms with E-state index >= 15 is 0 Å². The summed E-state index contributed by atoms with van der Waals surface area (Å²) in [5, 5.41) is 3.59. The van der Waals surface area contributed by atoms with Crippen LogP contribution in [-0.2, 0) is 0 Å². The lowest BCUT2D eigenvalue weighted by Gasteiger charge is -2.14. The first-order valence-electron chi connectivity index (χ1n) is 8.44. The molecule has 0 spiro atoms. The van der Waals surface area contributed by atoms with Gasteiger partial charge in [0.25, 0.3) is 0 Å². The van der Waals surface area contributed by atoms with Gasteiger partial charge in [-0.3, -0.25) is 0 Å². The quantitative estimate of drug-likeness (QED) is 0.636. The van der Waals surface area contributed by atoms with Gasteiger partial charge in [0.15, 0.2) is 0 Å². The molecule has 0 radical (unpaired) electrons.